The van der Waals surface area contributed by atoms with Crippen LogP contribution < -0.4 is 5.32 Å². The van der Waals surface area contributed by atoms with Crippen LogP contribution in [0.3, 0.4) is 0 Å². The van der Waals surface area contributed by atoms with Crippen molar-refractivity contribution in [1.29, 1.82) is 0 Å². The molecule has 3 rings (SSSR count). The largest absolute Gasteiger partial charge is 0.390 e. The number of halogens is 3. The number of alkyl halides is 3. The molecule has 6 heteroatoms. The summed E-state index contributed by atoms with van der Waals surface area (Å²) in [6, 6.07) is 8.44. The molecule has 118 valence electrons. The van der Waals surface area contributed by atoms with Crippen molar-refractivity contribution in [2.45, 2.75) is 18.6 Å². The van der Waals surface area contributed by atoms with Crippen molar-refractivity contribution < 1.29 is 13.2 Å². The van der Waals surface area contributed by atoms with Crippen molar-refractivity contribution >= 4 is 10.9 Å². The molecule has 1 aliphatic rings. The molecule has 0 aliphatic carbocycles. The van der Waals surface area contributed by atoms with Gasteiger partial charge < -0.3 is 5.32 Å². The van der Waals surface area contributed by atoms with Crippen LogP contribution >= 0.6 is 0 Å². The summed E-state index contributed by atoms with van der Waals surface area (Å²) in [5, 5.41) is 3.99. The number of fused-ring (bicyclic) bond motifs is 1. The van der Waals surface area contributed by atoms with Crippen molar-refractivity contribution in [2.75, 3.05) is 26.2 Å². The van der Waals surface area contributed by atoms with Gasteiger partial charge in [0.25, 0.3) is 0 Å². The van der Waals surface area contributed by atoms with Gasteiger partial charge in [0.15, 0.2) is 0 Å². The van der Waals surface area contributed by atoms with Gasteiger partial charge in [0, 0.05) is 43.8 Å². The van der Waals surface area contributed by atoms with E-state index in [2.05, 4.69) is 10.3 Å². The van der Waals surface area contributed by atoms with Crippen LogP contribution in [-0.2, 0) is 0 Å². The van der Waals surface area contributed by atoms with Gasteiger partial charge in [-0.2, -0.15) is 13.2 Å². The molecular weight excluding hydrogens is 291 g/mol. The lowest BCUT2D eigenvalue weighted by Crippen LogP contribution is -2.46. The van der Waals surface area contributed by atoms with Crippen molar-refractivity contribution in [3.05, 3.63) is 42.1 Å². The average molecular weight is 309 g/mol. The molecule has 1 atom stereocenters. The van der Waals surface area contributed by atoms with Crippen LogP contribution in [0, 0.1) is 0 Å². The fourth-order valence-corrected chi connectivity index (χ4v) is 3.06. The first kappa shape index (κ1) is 15.2. The van der Waals surface area contributed by atoms with E-state index in [4.69, 9.17) is 0 Å². The number of hydrogen-bond acceptors (Lipinski definition) is 3. The highest BCUT2D eigenvalue weighted by molar-refractivity contribution is 5.82. The quantitative estimate of drug-likeness (QED) is 0.944. The number of nitrogens with zero attached hydrogens (tertiary/aromatic N) is 2. The molecule has 0 saturated carbocycles. The summed E-state index contributed by atoms with van der Waals surface area (Å²) in [6.45, 7) is 2.68. The van der Waals surface area contributed by atoms with Gasteiger partial charge in [-0.1, -0.05) is 18.2 Å². The summed E-state index contributed by atoms with van der Waals surface area (Å²) >= 11 is 0. The molecule has 0 spiro atoms. The van der Waals surface area contributed by atoms with Crippen LogP contribution in [0.5, 0.6) is 0 Å². The number of rotatable bonds is 3. The maximum absolute atomic E-state index is 13.1. The molecule has 1 aromatic carbocycles. The van der Waals surface area contributed by atoms with Crippen LogP contribution in [0.2, 0.25) is 0 Å². The second-order valence-electron chi connectivity index (χ2n) is 5.54. The third-order valence-corrected chi connectivity index (χ3v) is 4.06. The summed E-state index contributed by atoms with van der Waals surface area (Å²) in [4.78, 5) is 6.18. The van der Waals surface area contributed by atoms with E-state index in [1.54, 1.807) is 12.3 Å². The summed E-state index contributed by atoms with van der Waals surface area (Å²) < 4.78 is 39.3. The van der Waals surface area contributed by atoms with Crippen molar-refractivity contribution in [3.8, 4) is 0 Å². The molecule has 1 N–H and O–H groups in total. The Kier molecular flexibility index (Phi) is 4.31. The second-order valence-corrected chi connectivity index (χ2v) is 5.54. The van der Waals surface area contributed by atoms with E-state index in [1.807, 2.05) is 29.2 Å². The topological polar surface area (TPSA) is 28.2 Å². The van der Waals surface area contributed by atoms with Gasteiger partial charge in [0.1, 0.15) is 0 Å². The normalized spacial score (nSPS) is 18.5. The van der Waals surface area contributed by atoms with E-state index in [0.717, 1.165) is 24.0 Å². The predicted molar refractivity (Wildman–Crippen MR) is 79.6 cm³/mol. The Hall–Kier alpha value is -1.66. The molecular formula is C16H18F3N3. The number of para-hydroxylation sites is 1. The molecule has 0 radical (unpaired) electrons. The van der Waals surface area contributed by atoms with E-state index in [0.29, 0.717) is 18.7 Å². The Labute approximate surface area is 127 Å². The Morgan fingerprint density at radius 3 is 2.59 bits per heavy atom. The third kappa shape index (κ3) is 3.39. The van der Waals surface area contributed by atoms with Crippen LogP contribution in [-0.4, -0.2) is 42.2 Å². The van der Waals surface area contributed by atoms with Gasteiger partial charge in [-0.15, -0.1) is 0 Å². The van der Waals surface area contributed by atoms with E-state index in [-0.39, 0.29) is 0 Å². The molecule has 1 fully saturated rings. The summed E-state index contributed by atoms with van der Waals surface area (Å²) in [6.07, 6.45) is -3.43. The van der Waals surface area contributed by atoms with E-state index >= 15 is 0 Å². The number of benzene rings is 1. The summed E-state index contributed by atoms with van der Waals surface area (Å²) in [7, 11) is 0. The van der Waals surface area contributed by atoms with E-state index < -0.39 is 18.6 Å². The van der Waals surface area contributed by atoms with Crippen LogP contribution in [0.1, 0.15) is 18.0 Å². The first-order valence-electron chi connectivity index (χ1n) is 7.40. The first-order valence-corrected chi connectivity index (χ1v) is 7.40. The number of nitrogens with one attached hydrogen (secondary N) is 1. The molecule has 3 nitrogen and oxygen atoms in total. The minimum absolute atomic E-state index is 0.622. The lowest BCUT2D eigenvalue weighted by atomic mass is 9.97. The fraction of sp³-hybridized carbons (Fsp3) is 0.438. The van der Waals surface area contributed by atoms with Crippen molar-refractivity contribution in [2.24, 2.45) is 0 Å². The zero-order valence-corrected chi connectivity index (χ0v) is 12.1. The molecule has 1 aromatic heterocycles. The van der Waals surface area contributed by atoms with Crippen molar-refractivity contribution in [3.63, 3.8) is 0 Å². The number of aromatic nitrogens is 1. The monoisotopic (exact) mass is 309 g/mol. The Bertz CT molecular complexity index is 631. The van der Waals surface area contributed by atoms with Crippen LogP contribution in [0.15, 0.2) is 36.5 Å². The van der Waals surface area contributed by atoms with Gasteiger partial charge in [0.2, 0.25) is 0 Å². The van der Waals surface area contributed by atoms with Crippen molar-refractivity contribution in [1.82, 2.24) is 15.2 Å². The Morgan fingerprint density at radius 2 is 1.86 bits per heavy atom. The maximum Gasteiger partial charge on any atom is 0.390 e. The van der Waals surface area contributed by atoms with Gasteiger partial charge >= 0.3 is 6.18 Å². The molecule has 0 bridgehead atoms. The minimum atomic E-state index is -4.19. The summed E-state index contributed by atoms with van der Waals surface area (Å²) in [5.41, 5.74) is 1.45. The smallest absolute Gasteiger partial charge is 0.314 e. The lowest BCUT2D eigenvalue weighted by molar-refractivity contribution is -0.148. The molecule has 2 heterocycles. The van der Waals surface area contributed by atoms with Gasteiger partial charge in [-0.25, -0.2) is 0 Å². The maximum atomic E-state index is 13.1. The Balaban J connectivity index is 2.02. The minimum Gasteiger partial charge on any atom is -0.314 e. The highest BCUT2D eigenvalue weighted by Gasteiger charge is 2.36. The highest BCUT2D eigenvalue weighted by atomic mass is 19.4. The zero-order chi connectivity index (χ0) is 15.6. The average Bonchev–Trinajstić information content (AvgIpc) is 2.52. The fourth-order valence-electron chi connectivity index (χ4n) is 3.06. The second kappa shape index (κ2) is 6.22. The predicted octanol–water partition coefficient (Wildman–Crippen LogP) is 3.13. The van der Waals surface area contributed by atoms with Crippen LogP contribution in [0.4, 0.5) is 13.2 Å². The zero-order valence-electron chi connectivity index (χ0n) is 12.1. The van der Waals surface area contributed by atoms with E-state index in [9.17, 15) is 13.2 Å². The van der Waals surface area contributed by atoms with Crippen LogP contribution in [0.25, 0.3) is 10.9 Å². The van der Waals surface area contributed by atoms with E-state index in [1.165, 1.54) is 0 Å². The SMILES string of the molecule is FC(F)(F)C[C@H](c1ccnc2ccccc12)N1CCNCC1. The molecule has 0 unspecified atom stereocenters. The van der Waals surface area contributed by atoms with Gasteiger partial charge in [-0.05, 0) is 17.7 Å². The number of hydrogen-bond donors (Lipinski definition) is 1. The molecule has 0 amide bonds. The lowest BCUT2D eigenvalue weighted by Gasteiger charge is -2.36. The molecule has 2 aromatic rings. The summed E-state index contributed by atoms with van der Waals surface area (Å²) in [5.74, 6) is 0. The highest BCUT2D eigenvalue weighted by Crippen LogP contribution is 2.36. The van der Waals surface area contributed by atoms with Gasteiger partial charge in [-0.3, -0.25) is 9.88 Å². The number of pyridine rings is 1. The standard InChI is InChI=1S/C16H18F3N3/c17-16(18,19)11-15(22-9-7-20-8-10-22)13-5-6-21-14-4-2-1-3-12(13)14/h1-6,15,20H,7-11H2/t15-/m1/s1. The first-order chi connectivity index (χ1) is 10.5. The third-order valence-electron chi connectivity index (χ3n) is 4.06. The van der Waals surface area contributed by atoms with Gasteiger partial charge in [0.05, 0.1) is 11.9 Å². The number of piperazine rings is 1. The molecule has 22 heavy (non-hydrogen) atoms. The Morgan fingerprint density at radius 1 is 1.14 bits per heavy atom. The molecule has 1 aliphatic heterocycles. The molecule has 1 saturated heterocycles.